The monoisotopic (exact) mass is 539 g/mol. The maximum atomic E-state index is 13.5. The molecule has 0 bridgehead atoms. The number of aromatic nitrogens is 5. The number of benzene rings is 2. The molecule has 13 nitrogen and oxygen atoms in total. The summed E-state index contributed by atoms with van der Waals surface area (Å²) in [5, 5.41) is 12.3. The third-order valence-electron chi connectivity index (χ3n) is 5.79. The second kappa shape index (κ2) is 10.5. The van der Waals surface area contributed by atoms with E-state index in [0.29, 0.717) is 36.2 Å². The van der Waals surface area contributed by atoms with Gasteiger partial charge in [-0.1, -0.05) is 23.3 Å². The van der Waals surface area contributed by atoms with Crippen molar-refractivity contribution in [3.05, 3.63) is 71.6 Å². The molecule has 0 aliphatic carbocycles. The predicted octanol–water partition coefficient (Wildman–Crippen LogP) is 2.87. The fourth-order valence-electron chi connectivity index (χ4n) is 3.88. The summed E-state index contributed by atoms with van der Waals surface area (Å²) in [7, 11) is -2.67. The molecular formula is C24H25N7O6S. The van der Waals surface area contributed by atoms with Crippen LogP contribution in [0.1, 0.15) is 29.4 Å². The standard InChI is InChI=1S/C24H25N7O6S/c1-3-15-4-5-18(35-13-22-26-14-36-28-22)21(8-15)38(32,33)30-24-23-19(34-2)6-16(7-20(23)37-29-24)11-31-12-17(9-25)10-27-31/h4-8,10,12,14H,3,9,11,13,25H2,1-2H3,(H,29,30). The highest BCUT2D eigenvalue weighted by Gasteiger charge is 2.25. The Kier molecular flexibility index (Phi) is 6.98. The molecule has 5 rings (SSSR count). The number of hydrogen-bond acceptors (Lipinski definition) is 11. The van der Waals surface area contributed by atoms with Gasteiger partial charge in [-0.3, -0.25) is 9.40 Å². The first-order valence-corrected chi connectivity index (χ1v) is 13.1. The number of ether oxygens (including phenoxy) is 2. The lowest BCUT2D eigenvalue weighted by atomic mass is 10.1. The molecule has 0 radical (unpaired) electrons. The Balaban J connectivity index is 1.46. The molecule has 0 unspecified atom stereocenters. The van der Waals surface area contributed by atoms with Gasteiger partial charge in [0.15, 0.2) is 18.0 Å². The highest BCUT2D eigenvalue weighted by molar-refractivity contribution is 7.92. The highest BCUT2D eigenvalue weighted by Crippen LogP contribution is 2.36. The van der Waals surface area contributed by atoms with Crippen molar-refractivity contribution < 1.29 is 26.9 Å². The second-order valence-electron chi connectivity index (χ2n) is 8.33. The van der Waals surface area contributed by atoms with Crippen LogP contribution in [-0.2, 0) is 36.1 Å². The van der Waals surface area contributed by atoms with Crippen molar-refractivity contribution in [2.24, 2.45) is 5.73 Å². The first-order valence-electron chi connectivity index (χ1n) is 11.6. The number of rotatable bonds is 11. The van der Waals surface area contributed by atoms with E-state index < -0.39 is 10.0 Å². The van der Waals surface area contributed by atoms with E-state index in [0.717, 1.165) is 16.7 Å². The van der Waals surface area contributed by atoms with Crippen LogP contribution >= 0.6 is 0 Å². The molecule has 38 heavy (non-hydrogen) atoms. The van der Waals surface area contributed by atoms with E-state index in [1.54, 1.807) is 41.2 Å². The van der Waals surface area contributed by atoms with Gasteiger partial charge in [-0.25, -0.2) is 8.42 Å². The van der Waals surface area contributed by atoms with Crippen LogP contribution in [0.4, 0.5) is 5.82 Å². The van der Waals surface area contributed by atoms with Gasteiger partial charge in [0.05, 0.1) is 19.9 Å². The lowest BCUT2D eigenvalue weighted by Gasteiger charge is -2.13. The van der Waals surface area contributed by atoms with Crippen molar-refractivity contribution in [3.63, 3.8) is 0 Å². The van der Waals surface area contributed by atoms with E-state index in [-0.39, 0.29) is 28.9 Å². The van der Waals surface area contributed by atoms with Gasteiger partial charge in [-0.05, 0) is 41.8 Å². The lowest BCUT2D eigenvalue weighted by Crippen LogP contribution is -2.15. The minimum Gasteiger partial charge on any atom is -0.496 e. The molecule has 3 aromatic heterocycles. The fraction of sp³-hybridized carbons (Fsp3) is 0.250. The van der Waals surface area contributed by atoms with Crippen molar-refractivity contribution in [3.8, 4) is 11.5 Å². The largest absolute Gasteiger partial charge is 0.496 e. The van der Waals surface area contributed by atoms with Gasteiger partial charge in [0.25, 0.3) is 10.0 Å². The van der Waals surface area contributed by atoms with Crippen molar-refractivity contribution in [1.29, 1.82) is 0 Å². The van der Waals surface area contributed by atoms with E-state index in [4.69, 9.17) is 24.3 Å². The molecule has 0 saturated heterocycles. The highest BCUT2D eigenvalue weighted by atomic mass is 32.2. The lowest BCUT2D eigenvalue weighted by molar-refractivity contribution is 0.279. The van der Waals surface area contributed by atoms with Crippen LogP contribution < -0.4 is 19.9 Å². The molecule has 5 aromatic rings. The van der Waals surface area contributed by atoms with Gasteiger partial charge in [-0.2, -0.15) is 10.1 Å². The second-order valence-corrected chi connectivity index (χ2v) is 9.98. The Bertz CT molecular complexity index is 1660. The van der Waals surface area contributed by atoms with Crippen molar-refractivity contribution >= 4 is 26.8 Å². The maximum Gasteiger partial charge on any atom is 0.266 e. The quantitative estimate of drug-likeness (QED) is 0.253. The summed E-state index contributed by atoms with van der Waals surface area (Å²) in [6, 6.07) is 8.45. The normalized spacial score (nSPS) is 11.7. The molecule has 0 amide bonds. The van der Waals surface area contributed by atoms with E-state index in [1.165, 1.54) is 13.5 Å². The number of nitrogens with zero attached hydrogens (tertiary/aromatic N) is 5. The van der Waals surface area contributed by atoms with Crippen LogP contribution in [0.25, 0.3) is 11.0 Å². The zero-order valence-electron chi connectivity index (χ0n) is 20.6. The Morgan fingerprint density at radius 2 is 1.97 bits per heavy atom. The first kappa shape index (κ1) is 25.2. The predicted molar refractivity (Wildman–Crippen MR) is 135 cm³/mol. The molecule has 198 valence electrons. The zero-order valence-corrected chi connectivity index (χ0v) is 21.4. The molecule has 14 heteroatoms. The van der Waals surface area contributed by atoms with Crippen molar-refractivity contribution in [1.82, 2.24) is 25.1 Å². The van der Waals surface area contributed by atoms with Crippen molar-refractivity contribution in [2.75, 3.05) is 11.8 Å². The molecule has 0 aliphatic rings. The number of fused-ring (bicyclic) bond motifs is 1. The summed E-state index contributed by atoms with van der Waals surface area (Å²) in [5.74, 6) is 0.772. The molecule has 0 spiro atoms. The van der Waals surface area contributed by atoms with Crippen LogP contribution in [0.5, 0.6) is 11.5 Å². The summed E-state index contributed by atoms with van der Waals surface area (Å²) < 4.78 is 52.8. The summed E-state index contributed by atoms with van der Waals surface area (Å²) in [4.78, 5) is 3.83. The summed E-state index contributed by atoms with van der Waals surface area (Å²) in [6.07, 6.45) is 5.34. The van der Waals surface area contributed by atoms with Crippen LogP contribution in [0.2, 0.25) is 0 Å². The van der Waals surface area contributed by atoms with E-state index in [1.807, 2.05) is 13.1 Å². The third-order valence-corrected chi connectivity index (χ3v) is 7.15. The third kappa shape index (κ3) is 5.17. The molecule has 0 aliphatic heterocycles. The van der Waals surface area contributed by atoms with Crippen LogP contribution in [0, 0.1) is 0 Å². The van der Waals surface area contributed by atoms with E-state index in [2.05, 4.69) is 25.1 Å². The first-order chi connectivity index (χ1) is 18.4. The average molecular weight is 540 g/mol. The Labute approximate surface area is 217 Å². The molecule has 0 atom stereocenters. The number of methoxy groups -OCH3 is 1. The maximum absolute atomic E-state index is 13.5. The Morgan fingerprint density at radius 1 is 1.11 bits per heavy atom. The zero-order chi connectivity index (χ0) is 26.7. The van der Waals surface area contributed by atoms with Gasteiger partial charge in [-0.15, -0.1) is 0 Å². The topological polar surface area (TPSA) is 173 Å². The summed E-state index contributed by atoms with van der Waals surface area (Å²) >= 11 is 0. The van der Waals surface area contributed by atoms with Gasteiger partial charge in [0.2, 0.25) is 12.2 Å². The number of hydrogen-bond donors (Lipinski definition) is 2. The molecule has 0 fully saturated rings. The minimum atomic E-state index is -4.16. The van der Waals surface area contributed by atoms with Crippen LogP contribution in [-0.4, -0.2) is 40.6 Å². The van der Waals surface area contributed by atoms with Crippen LogP contribution in [0.3, 0.4) is 0 Å². The molecule has 0 saturated carbocycles. The van der Waals surface area contributed by atoms with Crippen LogP contribution in [0.15, 0.2) is 63.1 Å². The van der Waals surface area contributed by atoms with Gasteiger partial charge < -0.3 is 24.3 Å². The summed E-state index contributed by atoms with van der Waals surface area (Å²) in [6.45, 7) is 2.67. The van der Waals surface area contributed by atoms with E-state index in [9.17, 15) is 8.42 Å². The number of nitrogens with two attached hydrogens (primary N) is 1. The smallest absolute Gasteiger partial charge is 0.266 e. The Hall–Kier alpha value is -4.43. The van der Waals surface area contributed by atoms with Crippen molar-refractivity contribution in [2.45, 2.75) is 37.9 Å². The Morgan fingerprint density at radius 3 is 2.68 bits per heavy atom. The van der Waals surface area contributed by atoms with Gasteiger partial charge >= 0.3 is 0 Å². The molecule has 3 N–H and O–H groups in total. The minimum absolute atomic E-state index is 0.0149. The number of sulfonamides is 1. The number of nitrogens with one attached hydrogen (secondary N) is 1. The van der Waals surface area contributed by atoms with Gasteiger partial charge in [0, 0.05) is 18.3 Å². The SMILES string of the molecule is CCc1ccc(OCc2ncon2)c(S(=O)(=O)Nc2noc3cc(Cn4cc(CN)cn4)cc(OC)c23)c1. The fourth-order valence-corrected chi connectivity index (χ4v) is 5.08. The number of aryl methyl sites for hydroxylation is 1. The molecule has 2 aromatic carbocycles. The van der Waals surface area contributed by atoms with E-state index >= 15 is 0 Å². The molecule has 3 heterocycles. The number of anilines is 1. The molecular weight excluding hydrogens is 514 g/mol. The summed E-state index contributed by atoms with van der Waals surface area (Å²) in [5.41, 5.74) is 8.54. The van der Waals surface area contributed by atoms with Gasteiger partial charge in [0.1, 0.15) is 21.8 Å². The average Bonchev–Trinajstić information content (AvgIpc) is 3.69.